The van der Waals surface area contributed by atoms with Gasteiger partial charge in [-0.3, -0.25) is 0 Å². The van der Waals surface area contributed by atoms with Gasteiger partial charge in [-0.25, -0.2) is 17.9 Å². The van der Waals surface area contributed by atoms with Crippen molar-refractivity contribution in [1.82, 2.24) is 4.72 Å². The first-order chi connectivity index (χ1) is 12.0. The van der Waals surface area contributed by atoms with Crippen LogP contribution >= 0.6 is 0 Å². The molecule has 0 aliphatic heterocycles. The lowest BCUT2D eigenvalue weighted by Crippen LogP contribution is -2.31. The normalized spacial score (nSPS) is 13.2. The number of carboxylic acids is 1. The molecular formula is C19H24N2O4S. The maximum absolute atomic E-state index is 13.0. The summed E-state index contributed by atoms with van der Waals surface area (Å²) in [5.74, 6) is -1.18. The molecule has 2 aromatic carbocycles. The second kappa shape index (κ2) is 7.47. The lowest BCUT2D eigenvalue weighted by Gasteiger charge is -2.25. The molecule has 0 unspecified atom stereocenters. The minimum Gasteiger partial charge on any atom is -0.478 e. The Morgan fingerprint density at radius 2 is 1.69 bits per heavy atom. The van der Waals surface area contributed by atoms with Gasteiger partial charge in [-0.15, -0.1) is 0 Å². The van der Waals surface area contributed by atoms with Gasteiger partial charge in [0.05, 0.1) is 11.3 Å². The van der Waals surface area contributed by atoms with E-state index in [-0.39, 0.29) is 16.0 Å². The second-order valence-electron chi connectivity index (χ2n) is 7.14. The largest absolute Gasteiger partial charge is 0.478 e. The van der Waals surface area contributed by atoms with E-state index >= 15 is 0 Å². The molecule has 2 aromatic rings. The summed E-state index contributed by atoms with van der Waals surface area (Å²) in [6.45, 7) is 7.43. The Hall–Kier alpha value is -2.38. The van der Waals surface area contributed by atoms with Crippen LogP contribution in [0.3, 0.4) is 0 Å². The Balaban J connectivity index is 2.45. The predicted octanol–water partition coefficient (Wildman–Crippen LogP) is 3.63. The molecule has 0 saturated heterocycles. The van der Waals surface area contributed by atoms with E-state index in [4.69, 9.17) is 0 Å². The summed E-state index contributed by atoms with van der Waals surface area (Å²) in [6.07, 6.45) is 0. The smallest absolute Gasteiger partial charge is 0.335 e. The molecule has 3 N–H and O–H groups in total. The second-order valence-corrected chi connectivity index (χ2v) is 8.83. The SMILES string of the molecule is C[C@H](NS(=O)(=O)c1cc(C(=O)O)ccc1NC(C)(C)C)c1ccccc1. The molecule has 26 heavy (non-hydrogen) atoms. The van der Waals surface area contributed by atoms with Gasteiger partial charge >= 0.3 is 5.97 Å². The van der Waals surface area contributed by atoms with Crippen LogP contribution in [0.5, 0.6) is 0 Å². The zero-order valence-electron chi connectivity index (χ0n) is 15.3. The van der Waals surface area contributed by atoms with Gasteiger partial charge in [0.25, 0.3) is 0 Å². The van der Waals surface area contributed by atoms with Crippen molar-refractivity contribution < 1.29 is 18.3 Å². The summed E-state index contributed by atoms with van der Waals surface area (Å²) < 4.78 is 28.5. The van der Waals surface area contributed by atoms with Gasteiger partial charge in [-0.2, -0.15) is 0 Å². The fraction of sp³-hybridized carbons (Fsp3) is 0.316. The van der Waals surface area contributed by atoms with Crippen LogP contribution in [0, 0.1) is 0 Å². The van der Waals surface area contributed by atoms with Crippen molar-refractivity contribution in [2.45, 2.75) is 44.2 Å². The van der Waals surface area contributed by atoms with Crippen LogP contribution in [-0.2, 0) is 10.0 Å². The van der Waals surface area contributed by atoms with Crippen LogP contribution in [0.25, 0.3) is 0 Å². The predicted molar refractivity (Wildman–Crippen MR) is 102 cm³/mol. The van der Waals surface area contributed by atoms with Crippen molar-refractivity contribution in [3.8, 4) is 0 Å². The average molecular weight is 376 g/mol. The molecule has 140 valence electrons. The number of rotatable bonds is 6. The van der Waals surface area contributed by atoms with Gasteiger partial charge in [-0.1, -0.05) is 30.3 Å². The third-order valence-electron chi connectivity index (χ3n) is 3.66. The van der Waals surface area contributed by atoms with Crippen molar-refractivity contribution >= 4 is 21.7 Å². The quantitative estimate of drug-likeness (QED) is 0.715. The molecule has 0 bridgehead atoms. The summed E-state index contributed by atoms with van der Waals surface area (Å²) in [5, 5.41) is 12.3. The number of aromatic carboxylic acids is 1. The number of carboxylic acid groups (broad SMARTS) is 1. The maximum atomic E-state index is 13.0. The Morgan fingerprint density at radius 1 is 1.08 bits per heavy atom. The van der Waals surface area contributed by atoms with E-state index < -0.39 is 22.0 Å². The molecule has 0 spiro atoms. The highest BCUT2D eigenvalue weighted by molar-refractivity contribution is 7.89. The molecular weight excluding hydrogens is 352 g/mol. The Morgan fingerprint density at radius 3 is 2.23 bits per heavy atom. The van der Waals surface area contributed by atoms with E-state index in [1.165, 1.54) is 18.2 Å². The monoisotopic (exact) mass is 376 g/mol. The van der Waals surface area contributed by atoms with Crippen LogP contribution < -0.4 is 10.0 Å². The zero-order chi connectivity index (χ0) is 19.5. The van der Waals surface area contributed by atoms with Gasteiger partial charge in [0.1, 0.15) is 4.90 Å². The van der Waals surface area contributed by atoms with Crippen LogP contribution in [0.1, 0.15) is 49.7 Å². The maximum Gasteiger partial charge on any atom is 0.335 e. The summed E-state index contributed by atoms with van der Waals surface area (Å²) in [7, 11) is -3.94. The van der Waals surface area contributed by atoms with Gasteiger partial charge in [0.2, 0.25) is 10.0 Å². The summed E-state index contributed by atoms with van der Waals surface area (Å²) in [5.41, 5.74) is 0.698. The number of hydrogen-bond donors (Lipinski definition) is 3. The molecule has 0 radical (unpaired) electrons. The summed E-state index contributed by atoms with van der Waals surface area (Å²) >= 11 is 0. The lowest BCUT2D eigenvalue weighted by atomic mass is 10.1. The minimum absolute atomic E-state index is 0.0859. The van der Waals surface area contributed by atoms with E-state index in [1.54, 1.807) is 6.92 Å². The first-order valence-corrected chi connectivity index (χ1v) is 9.71. The summed E-state index contributed by atoms with van der Waals surface area (Å²) in [4.78, 5) is 11.2. The first kappa shape index (κ1) is 19.9. The third kappa shape index (κ3) is 5.06. The van der Waals surface area contributed by atoms with Crippen LogP contribution in [-0.4, -0.2) is 25.0 Å². The van der Waals surface area contributed by atoms with E-state index in [0.29, 0.717) is 5.69 Å². The molecule has 0 aliphatic carbocycles. The average Bonchev–Trinajstić information content (AvgIpc) is 2.53. The number of hydrogen-bond acceptors (Lipinski definition) is 4. The van der Waals surface area contributed by atoms with E-state index in [2.05, 4.69) is 10.0 Å². The van der Waals surface area contributed by atoms with Gasteiger partial charge in [0, 0.05) is 11.6 Å². The van der Waals surface area contributed by atoms with Crippen molar-refractivity contribution in [3.63, 3.8) is 0 Å². The lowest BCUT2D eigenvalue weighted by molar-refractivity contribution is 0.0696. The first-order valence-electron chi connectivity index (χ1n) is 8.22. The summed E-state index contributed by atoms with van der Waals surface area (Å²) in [6, 6.07) is 12.8. The fourth-order valence-electron chi connectivity index (χ4n) is 2.49. The molecule has 6 nitrogen and oxygen atoms in total. The van der Waals surface area contributed by atoms with Crippen molar-refractivity contribution in [2.75, 3.05) is 5.32 Å². The van der Waals surface area contributed by atoms with Crippen LogP contribution in [0.4, 0.5) is 5.69 Å². The molecule has 0 aliphatic rings. The van der Waals surface area contributed by atoms with E-state index in [9.17, 15) is 18.3 Å². The Labute approximate surface area is 154 Å². The van der Waals surface area contributed by atoms with Gasteiger partial charge < -0.3 is 10.4 Å². The highest BCUT2D eigenvalue weighted by Crippen LogP contribution is 2.27. The molecule has 0 fully saturated rings. The zero-order valence-corrected chi connectivity index (χ0v) is 16.1. The van der Waals surface area contributed by atoms with Gasteiger partial charge in [0.15, 0.2) is 0 Å². The topological polar surface area (TPSA) is 95.5 Å². The molecule has 1 atom stereocenters. The molecule has 2 rings (SSSR count). The minimum atomic E-state index is -3.94. The van der Waals surface area contributed by atoms with Crippen LogP contribution in [0.2, 0.25) is 0 Å². The highest BCUT2D eigenvalue weighted by atomic mass is 32.2. The van der Waals surface area contributed by atoms with E-state index in [0.717, 1.165) is 5.56 Å². The molecule has 0 heterocycles. The Bertz CT molecular complexity index is 888. The van der Waals surface area contributed by atoms with Gasteiger partial charge in [-0.05, 0) is 51.5 Å². The standard InChI is InChI=1S/C19H24N2O4S/c1-13(14-8-6-5-7-9-14)21-26(24,25)17-12-15(18(22)23)10-11-16(17)20-19(2,3)4/h5-13,20-21H,1-4H3,(H,22,23)/t13-/m0/s1. The number of benzene rings is 2. The third-order valence-corrected chi connectivity index (χ3v) is 5.24. The Kier molecular flexibility index (Phi) is 5.73. The molecule has 7 heteroatoms. The number of carbonyl (C=O) groups is 1. The highest BCUT2D eigenvalue weighted by Gasteiger charge is 2.25. The molecule has 0 amide bonds. The van der Waals surface area contributed by atoms with Crippen molar-refractivity contribution in [2.24, 2.45) is 0 Å². The van der Waals surface area contributed by atoms with E-state index in [1.807, 2.05) is 51.1 Å². The number of sulfonamides is 1. The van der Waals surface area contributed by atoms with Crippen LogP contribution in [0.15, 0.2) is 53.4 Å². The number of nitrogens with one attached hydrogen (secondary N) is 2. The molecule has 0 aromatic heterocycles. The number of anilines is 1. The van der Waals surface area contributed by atoms with Crippen molar-refractivity contribution in [3.05, 3.63) is 59.7 Å². The van der Waals surface area contributed by atoms with Crippen molar-refractivity contribution in [1.29, 1.82) is 0 Å². The fourth-order valence-corrected chi connectivity index (χ4v) is 3.91. The molecule has 0 saturated carbocycles.